The summed E-state index contributed by atoms with van der Waals surface area (Å²) in [6, 6.07) is 19.1. The van der Waals surface area contributed by atoms with Gasteiger partial charge in [0.05, 0.1) is 35.0 Å². The molecule has 0 saturated heterocycles. The van der Waals surface area contributed by atoms with E-state index in [0.717, 1.165) is 0 Å². The second-order valence-electron chi connectivity index (χ2n) is 7.49. The van der Waals surface area contributed by atoms with E-state index >= 15 is 0 Å². The molecule has 0 N–H and O–H groups in total. The van der Waals surface area contributed by atoms with Crippen LogP contribution in [0.2, 0.25) is 0 Å². The zero-order valence-corrected chi connectivity index (χ0v) is 19.2. The number of methoxy groups -OCH3 is 1. The maximum absolute atomic E-state index is 14.3. The summed E-state index contributed by atoms with van der Waals surface area (Å²) in [5, 5.41) is 4.90. The van der Waals surface area contributed by atoms with Crippen molar-refractivity contribution in [1.29, 1.82) is 0 Å². The Morgan fingerprint density at radius 3 is 2.68 bits per heavy atom. The van der Waals surface area contributed by atoms with Crippen LogP contribution in [-0.2, 0) is 5.75 Å². The largest absolute Gasteiger partial charge is 0.496 e. The van der Waals surface area contributed by atoms with Gasteiger partial charge in [0.15, 0.2) is 5.16 Å². The molecule has 5 rings (SSSR count). The Bertz CT molecular complexity index is 1560. The first-order valence-electron chi connectivity index (χ1n) is 10.4. The summed E-state index contributed by atoms with van der Waals surface area (Å²) in [5.41, 5.74) is 1.88. The van der Waals surface area contributed by atoms with Gasteiger partial charge in [-0.2, -0.15) is 4.98 Å². The van der Waals surface area contributed by atoms with Crippen LogP contribution in [0.1, 0.15) is 11.5 Å². The summed E-state index contributed by atoms with van der Waals surface area (Å²) in [5.74, 6) is 1.26. The lowest BCUT2D eigenvalue weighted by molar-refractivity contribution is 0.390. The molecule has 0 aliphatic rings. The van der Waals surface area contributed by atoms with Crippen LogP contribution < -0.4 is 10.3 Å². The molecule has 0 aliphatic heterocycles. The maximum Gasteiger partial charge on any atom is 0.266 e. The monoisotopic (exact) mass is 474 g/mol. The molecule has 0 spiro atoms. The van der Waals surface area contributed by atoms with Crippen molar-refractivity contribution in [2.75, 3.05) is 7.11 Å². The smallest absolute Gasteiger partial charge is 0.266 e. The zero-order valence-electron chi connectivity index (χ0n) is 18.4. The quantitative estimate of drug-likeness (QED) is 0.248. The molecule has 0 radical (unpaired) electrons. The van der Waals surface area contributed by atoms with E-state index in [4.69, 9.17) is 9.26 Å². The standard InChI is InChI=1S/C25H19FN4O3S/c1-15-11-12-16(13-19(15)26)30-24(31)17-7-3-5-9-20(17)27-25(30)34-14-22-28-23(29-33-22)18-8-4-6-10-21(18)32-2/h3-13H,14H2,1-2H3. The Balaban J connectivity index is 1.52. The first-order valence-corrected chi connectivity index (χ1v) is 11.4. The second kappa shape index (κ2) is 9.11. The molecule has 0 fully saturated rings. The summed E-state index contributed by atoms with van der Waals surface area (Å²) in [6.45, 7) is 1.67. The van der Waals surface area contributed by atoms with E-state index in [9.17, 15) is 9.18 Å². The van der Waals surface area contributed by atoms with Crippen LogP contribution in [0.5, 0.6) is 5.75 Å². The fraction of sp³-hybridized carbons (Fsp3) is 0.120. The summed E-state index contributed by atoms with van der Waals surface area (Å²) in [4.78, 5) is 22.5. The Hall–Kier alpha value is -3.98. The summed E-state index contributed by atoms with van der Waals surface area (Å²) >= 11 is 1.25. The Morgan fingerprint density at radius 1 is 1.06 bits per heavy atom. The number of nitrogens with zero attached hydrogens (tertiary/aromatic N) is 4. The SMILES string of the molecule is COc1ccccc1-c1noc(CSc2nc3ccccc3c(=O)n2-c2ccc(C)c(F)c2)n1. The number of para-hydroxylation sites is 2. The fourth-order valence-corrected chi connectivity index (χ4v) is 4.39. The van der Waals surface area contributed by atoms with E-state index in [2.05, 4.69) is 15.1 Å². The van der Waals surface area contributed by atoms with Gasteiger partial charge in [0, 0.05) is 0 Å². The maximum atomic E-state index is 14.3. The molecule has 5 aromatic rings. The molecular weight excluding hydrogens is 455 g/mol. The van der Waals surface area contributed by atoms with E-state index < -0.39 is 5.82 Å². The van der Waals surface area contributed by atoms with Crippen LogP contribution in [0.3, 0.4) is 0 Å². The van der Waals surface area contributed by atoms with Crippen molar-refractivity contribution >= 4 is 22.7 Å². The van der Waals surface area contributed by atoms with Crippen molar-refractivity contribution in [3.63, 3.8) is 0 Å². The molecule has 0 saturated carbocycles. The molecule has 0 unspecified atom stereocenters. The van der Waals surface area contributed by atoms with Crippen molar-refractivity contribution in [3.8, 4) is 22.8 Å². The number of rotatable bonds is 6. The van der Waals surface area contributed by atoms with Gasteiger partial charge in [-0.05, 0) is 48.9 Å². The van der Waals surface area contributed by atoms with E-state index in [1.807, 2.05) is 30.3 Å². The highest BCUT2D eigenvalue weighted by atomic mass is 32.2. The molecule has 0 amide bonds. The number of benzene rings is 3. The molecule has 34 heavy (non-hydrogen) atoms. The Morgan fingerprint density at radius 2 is 1.85 bits per heavy atom. The number of thioether (sulfide) groups is 1. The van der Waals surface area contributed by atoms with Crippen molar-refractivity contribution in [3.05, 3.63) is 94.4 Å². The summed E-state index contributed by atoms with van der Waals surface area (Å²) < 4.78 is 26.5. The van der Waals surface area contributed by atoms with Gasteiger partial charge in [0.25, 0.3) is 5.56 Å². The number of halogens is 1. The van der Waals surface area contributed by atoms with Crippen LogP contribution in [0.15, 0.2) is 81.2 Å². The minimum absolute atomic E-state index is 0.265. The van der Waals surface area contributed by atoms with Crippen molar-refractivity contribution in [2.45, 2.75) is 17.8 Å². The first kappa shape index (κ1) is 21.8. The topological polar surface area (TPSA) is 83.0 Å². The summed E-state index contributed by atoms with van der Waals surface area (Å²) in [7, 11) is 1.58. The third-order valence-corrected chi connectivity index (χ3v) is 6.22. The van der Waals surface area contributed by atoms with Crippen LogP contribution in [-0.4, -0.2) is 26.8 Å². The van der Waals surface area contributed by atoms with Gasteiger partial charge in [-0.15, -0.1) is 0 Å². The van der Waals surface area contributed by atoms with Crippen molar-refractivity contribution in [1.82, 2.24) is 19.7 Å². The number of ether oxygens (including phenoxy) is 1. The number of aromatic nitrogens is 4. The van der Waals surface area contributed by atoms with Gasteiger partial charge in [0.2, 0.25) is 11.7 Å². The molecule has 2 heterocycles. The molecule has 170 valence electrons. The van der Waals surface area contributed by atoms with Gasteiger partial charge in [-0.25, -0.2) is 9.37 Å². The Labute approximate surface area is 198 Å². The van der Waals surface area contributed by atoms with Crippen LogP contribution >= 0.6 is 11.8 Å². The Kier molecular flexibility index (Phi) is 5.85. The van der Waals surface area contributed by atoms with Gasteiger partial charge in [0.1, 0.15) is 11.6 Å². The van der Waals surface area contributed by atoms with E-state index in [-0.39, 0.29) is 11.3 Å². The average Bonchev–Trinajstić information content (AvgIpc) is 3.33. The fourth-order valence-electron chi connectivity index (χ4n) is 3.54. The van der Waals surface area contributed by atoms with Crippen molar-refractivity contribution < 1.29 is 13.7 Å². The van der Waals surface area contributed by atoms with Crippen molar-refractivity contribution in [2.24, 2.45) is 0 Å². The molecule has 0 aliphatic carbocycles. The second-order valence-corrected chi connectivity index (χ2v) is 8.43. The number of fused-ring (bicyclic) bond motifs is 1. The number of hydrogen-bond donors (Lipinski definition) is 0. The number of aryl methyl sites for hydroxylation is 1. The van der Waals surface area contributed by atoms with Crippen LogP contribution in [0.4, 0.5) is 4.39 Å². The highest BCUT2D eigenvalue weighted by molar-refractivity contribution is 7.98. The minimum Gasteiger partial charge on any atom is -0.496 e. The molecule has 2 aromatic heterocycles. The number of hydrogen-bond acceptors (Lipinski definition) is 7. The first-order chi connectivity index (χ1) is 16.5. The van der Waals surface area contributed by atoms with Gasteiger partial charge in [-0.3, -0.25) is 9.36 Å². The lowest BCUT2D eigenvalue weighted by Crippen LogP contribution is -2.22. The normalized spacial score (nSPS) is 11.1. The van der Waals surface area contributed by atoms with Gasteiger partial charge >= 0.3 is 0 Å². The van der Waals surface area contributed by atoms with E-state index in [1.54, 1.807) is 44.4 Å². The van der Waals surface area contributed by atoms with Gasteiger partial charge < -0.3 is 9.26 Å². The van der Waals surface area contributed by atoms with E-state index in [0.29, 0.717) is 50.3 Å². The predicted octanol–water partition coefficient (Wildman–Crippen LogP) is 5.18. The third kappa shape index (κ3) is 4.06. The third-order valence-electron chi connectivity index (χ3n) is 5.30. The summed E-state index contributed by atoms with van der Waals surface area (Å²) in [6.07, 6.45) is 0. The predicted molar refractivity (Wildman–Crippen MR) is 128 cm³/mol. The average molecular weight is 475 g/mol. The van der Waals surface area contributed by atoms with E-state index in [1.165, 1.54) is 22.4 Å². The lowest BCUT2D eigenvalue weighted by Gasteiger charge is -2.13. The van der Waals surface area contributed by atoms with Crippen LogP contribution in [0, 0.1) is 12.7 Å². The lowest BCUT2D eigenvalue weighted by atomic mass is 10.2. The highest BCUT2D eigenvalue weighted by Gasteiger charge is 2.17. The molecule has 3 aromatic carbocycles. The molecule has 7 nitrogen and oxygen atoms in total. The minimum atomic E-state index is -0.396. The zero-order chi connectivity index (χ0) is 23.7. The molecule has 9 heteroatoms. The van der Waals surface area contributed by atoms with Crippen LogP contribution in [0.25, 0.3) is 28.0 Å². The molecule has 0 atom stereocenters. The van der Waals surface area contributed by atoms with Gasteiger partial charge in [-0.1, -0.05) is 47.3 Å². The highest BCUT2D eigenvalue weighted by Crippen LogP contribution is 2.29. The molecule has 0 bridgehead atoms. The molecular formula is C25H19FN4O3S.